The standard InChI is InChI=1S/C33H24N3P/c1-2-10-26-23(9-1)17-20-28-32(26)27-11-3-4-12-29(27)36-33(28)24-15-18-25(19-16-24)37(30-13-5-7-21-34-30)31-14-6-8-22-35-31/h1-22,33,36H/p+1. The molecule has 0 fully saturated rings. The number of anilines is 1. The minimum atomic E-state index is -1.30. The zero-order chi connectivity index (χ0) is 24.6. The van der Waals surface area contributed by atoms with Gasteiger partial charge >= 0.3 is 0 Å². The van der Waals surface area contributed by atoms with E-state index in [2.05, 4.69) is 115 Å². The molecule has 0 aliphatic carbocycles. The molecule has 4 aromatic carbocycles. The summed E-state index contributed by atoms with van der Waals surface area (Å²) < 4.78 is 0. The van der Waals surface area contributed by atoms with E-state index in [1.807, 2.05) is 24.5 Å². The molecule has 1 unspecified atom stereocenters. The molecule has 1 aliphatic rings. The third-order valence-corrected chi connectivity index (χ3v) is 9.67. The first-order valence-electron chi connectivity index (χ1n) is 12.5. The van der Waals surface area contributed by atoms with Crippen LogP contribution in [0.2, 0.25) is 0 Å². The van der Waals surface area contributed by atoms with Gasteiger partial charge in [0.25, 0.3) is 0 Å². The predicted molar refractivity (Wildman–Crippen MR) is 157 cm³/mol. The maximum Gasteiger partial charge on any atom is 0.192 e. The number of nitrogens with one attached hydrogen (secondary N) is 1. The van der Waals surface area contributed by atoms with Crippen LogP contribution in [0, 0.1) is 0 Å². The van der Waals surface area contributed by atoms with E-state index in [-0.39, 0.29) is 6.04 Å². The molecule has 0 radical (unpaired) electrons. The Hall–Kier alpha value is -4.33. The number of benzene rings is 4. The van der Waals surface area contributed by atoms with Crippen LogP contribution < -0.4 is 21.5 Å². The van der Waals surface area contributed by atoms with Crippen molar-refractivity contribution in [2.45, 2.75) is 6.04 Å². The SMILES string of the molecule is c1ccc([PH+](c2ccc(C3Nc4ccccc4-c4c3ccc3ccccc43)cc2)c2ccccn2)nc1. The maximum atomic E-state index is 4.72. The lowest BCUT2D eigenvalue weighted by molar-refractivity contribution is 0.933. The molecule has 2 aromatic heterocycles. The summed E-state index contributed by atoms with van der Waals surface area (Å²) >= 11 is 0. The molecule has 1 atom stereocenters. The smallest absolute Gasteiger partial charge is 0.192 e. The van der Waals surface area contributed by atoms with Gasteiger partial charge < -0.3 is 5.32 Å². The van der Waals surface area contributed by atoms with Crippen LogP contribution in [0.25, 0.3) is 21.9 Å². The highest BCUT2D eigenvalue weighted by atomic mass is 31.1. The van der Waals surface area contributed by atoms with Gasteiger partial charge in [-0.3, -0.25) is 0 Å². The number of aromatic nitrogens is 2. The third-order valence-electron chi connectivity index (χ3n) is 7.14. The second-order valence-electron chi connectivity index (χ2n) is 9.30. The molecule has 3 nitrogen and oxygen atoms in total. The molecule has 1 aliphatic heterocycles. The molecule has 6 aromatic rings. The fraction of sp³-hybridized carbons (Fsp3) is 0.0303. The molecule has 0 spiro atoms. The van der Waals surface area contributed by atoms with Crippen LogP contribution in [-0.4, -0.2) is 9.97 Å². The van der Waals surface area contributed by atoms with Crippen LogP contribution >= 0.6 is 7.92 Å². The van der Waals surface area contributed by atoms with Crippen LogP contribution in [0.5, 0.6) is 0 Å². The van der Waals surface area contributed by atoms with Gasteiger partial charge in [-0.2, -0.15) is 0 Å². The van der Waals surface area contributed by atoms with Gasteiger partial charge in [-0.25, -0.2) is 9.97 Å². The first-order valence-corrected chi connectivity index (χ1v) is 14.0. The molecule has 176 valence electrons. The molecular formula is C33H25N3P+. The van der Waals surface area contributed by atoms with Gasteiger partial charge in [0.2, 0.25) is 0 Å². The van der Waals surface area contributed by atoms with Gasteiger partial charge in [-0.1, -0.05) is 78.9 Å². The molecule has 0 saturated carbocycles. The summed E-state index contributed by atoms with van der Waals surface area (Å²) in [7, 11) is -1.30. The van der Waals surface area contributed by atoms with Crippen molar-refractivity contribution in [1.29, 1.82) is 0 Å². The quantitative estimate of drug-likeness (QED) is 0.292. The average Bonchev–Trinajstić information content (AvgIpc) is 2.98. The highest BCUT2D eigenvalue weighted by molar-refractivity contribution is 7.79. The summed E-state index contributed by atoms with van der Waals surface area (Å²) in [5.74, 6) is 0. The van der Waals surface area contributed by atoms with Gasteiger partial charge in [0.15, 0.2) is 10.9 Å². The van der Waals surface area contributed by atoms with E-state index in [1.165, 1.54) is 44.0 Å². The predicted octanol–water partition coefficient (Wildman–Crippen LogP) is 6.30. The minimum Gasteiger partial charge on any atom is -0.374 e. The third kappa shape index (κ3) is 3.89. The Kier molecular flexibility index (Phi) is 5.49. The first kappa shape index (κ1) is 21.9. The van der Waals surface area contributed by atoms with Gasteiger partial charge in [-0.05, 0) is 57.8 Å². The van der Waals surface area contributed by atoms with E-state index in [0.717, 1.165) is 10.9 Å². The monoisotopic (exact) mass is 494 g/mol. The fourth-order valence-corrected chi connectivity index (χ4v) is 7.73. The number of para-hydroxylation sites is 1. The molecule has 37 heavy (non-hydrogen) atoms. The summed E-state index contributed by atoms with van der Waals surface area (Å²) in [5.41, 5.74) is 8.52. The lowest BCUT2D eigenvalue weighted by Crippen LogP contribution is -2.25. The van der Waals surface area contributed by atoms with Crippen molar-refractivity contribution >= 4 is 40.6 Å². The van der Waals surface area contributed by atoms with E-state index in [1.54, 1.807) is 0 Å². The van der Waals surface area contributed by atoms with Crippen molar-refractivity contribution in [3.8, 4) is 11.1 Å². The maximum absolute atomic E-state index is 4.72. The summed E-state index contributed by atoms with van der Waals surface area (Å²) in [6.45, 7) is 0. The number of nitrogens with zero attached hydrogens (tertiary/aromatic N) is 2. The van der Waals surface area contributed by atoms with Crippen molar-refractivity contribution in [2.24, 2.45) is 0 Å². The topological polar surface area (TPSA) is 37.8 Å². The number of hydrogen-bond acceptors (Lipinski definition) is 3. The van der Waals surface area contributed by atoms with Gasteiger partial charge in [-0.15, -0.1) is 0 Å². The zero-order valence-corrected chi connectivity index (χ0v) is 21.2. The Morgan fingerprint density at radius 1 is 0.595 bits per heavy atom. The molecule has 0 bridgehead atoms. The minimum absolute atomic E-state index is 0.0731. The summed E-state index contributed by atoms with van der Waals surface area (Å²) in [5, 5.41) is 7.67. The van der Waals surface area contributed by atoms with E-state index >= 15 is 0 Å². The lowest BCUT2D eigenvalue weighted by Gasteiger charge is -2.31. The first-order chi connectivity index (χ1) is 18.4. The summed E-state index contributed by atoms with van der Waals surface area (Å²) in [6.07, 6.45) is 3.75. The highest BCUT2D eigenvalue weighted by Crippen LogP contribution is 2.46. The fourth-order valence-electron chi connectivity index (χ4n) is 5.44. The van der Waals surface area contributed by atoms with E-state index in [0.29, 0.717) is 0 Å². The van der Waals surface area contributed by atoms with E-state index in [4.69, 9.17) is 9.97 Å². The number of pyridine rings is 2. The number of fused-ring (bicyclic) bond motifs is 5. The van der Waals surface area contributed by atoms with Crippen LogP contribution in [0.1, 0.15) is 17.2 Å². The lowest BCUT2D eigenvalue weighted by atomic mass is 9.83. The number of hydrogen-bond donors (Lipinski definition) is 1. The van der Waals surface area contributed by atoms with Crippen molar-refractivity contribution < 1.29 is 0 Å². The van der Waals surface area contributed by atoms with Crippen LogP contribution in [0.3, 0.4) is 0 Å². The average molecular weight is 495 g/mol. The Balaban J connectivity index is 1.33. The second kappa shape index (κ2) is 9.28. The van der Waals surface area contributed by atoms with Gasteiger partial charge in [0.1, 0.15) is 13.2 Å². The largest absolute Gasteiger partial charge is 0.374 e. The molecule has 7 rings (SSSR count). The zero-order valence-electron chi connectivity index (χ0n) is 20.2. The van der Waals surface area contributed by atoms with E-state index < -0.39 is 7.92 Å². The van der Waals surface area contributed by atoms with Gasteiger partial charge in [0.05, 0.1) is 6.04 Å². The van der Waals surface area contributed by atoms with Crippen molar-refractivity contribution in [3.63, 3.8) is 0 Å². The normalized spacial score (nSPS) is 14.1. The van der Waals surface area contributed by atoms with Gasteiger partial charge in [0, 0.05) is 35.8 Å². The summed E-state index contributed by atoms with van der Waals surface area (Å²) in [6, 6.07) is 43.3. The molecule has 3 heterocycles. The molecule has 0 amide bonds. The van der Waals surface area contributed by atoms with Crippen molar-refractivity contribution in [2.75, 3.05) is 5.32 Å². The van der Waals surface area contributed by atoms with Crippen LogP contribution in [0.15, 0.2) is 134 Å². The Bertz CT molecular complexity index is 1660. The van der Waals surface area contributed by atoms with Crippen LogP contribution in [-0.2, 0) is 0 Å². The molecule has 1 N–H and O–H groups in total. The number of rotatable bonds is 4. The molecular weight excluding hydrogens is 469 g/mol. The Morgan fingerprint density at radius 2 is 1.27 bits per heavy atom. The van der Waals surface area contributed by atoms with Crippen molar-refractivity contribution in [1.82, 2.24) is 9.97 Å². The Morgan fingerprint density at radius 3 is 2.00 bits per heavy atom. The molecule has 0 saturated heterocycles. The summed E-state index contributed by atoms with van der Waals surface area (Å²) in [4.78, 5) is 9.44. The second-order valence-corrected chi connectivity index (χ2v) is 11.7. The Labute approximate surface area is 217 Å². The highest BCUT2D eigenvalue weighted by Gasteiger charge is 2.30. The molecule has 4 heteroatoms. The van der Waals surface area contributed by atoms with Crippen molar-refractivity contribution in [3.05, 3.63) is 145 Å². The van der Waals surface area contributed by atoms with Crippen LogP contribution in [0.4, 0.5) is 5.69 Å². The van der Waals surface area contributed by atoms with E-state index in [9.17, 15) is 0 Å².